The van der Waals surface area contributed by atoms with Gasteiger partial charge in [0.15, 0.2) is 0 Å². The molecular formula is C10H8K. The molecule has 0 aliphatic heterocycles. The molecule has 0 N–H and O–H groups in total. The number of benzene rings is 1. The van der Waals surface area contributed by atoms with E-state index in [0.717, 1.165) is 0 Å². The van der Waals surface area contributed by atoms with Crippen molar-refractivity contribution in [2.45, 2.75) is 0 Å². The van der Waals surface area contributed by atoms with E-state index < -0.39 is 0 Å². The molecule has 0 atom stereocenters. The fourth-order valence-corrected chi connectivity index (χ4v) is 1.13. The first-order chi connectivity index (χ1) is 4.97. The molecule has 1 aromatic rings. The Morgan fingerprint density at radius 2 is 1.73 bits per heavy atom. The Balaban J connectivity index is 0.000000605. The normalized spacial score (nSPS) is 12.7. The fraction of sp³-hybridized carbons (Fsp3) is 0. The number of rotatable bonds is 0. The van der Waals surface area contributed by atoms with Gasteiger partial charge < -0.3 is 0 Å². The minimum atomic E-state index is 0. The van der Waals surface area contributed by atoms with Crippen molar-refractivity contribution in [3.63, 3.8) is 0 Å². The zero-order valence-electron chi connectivity index (χ0n) is 6.62. The van der Waals surface area contributed by atoms with E-state index >= 15 is 0 Å². The Hall–Kier alpha value is 0.466. The van der Waals surface area contributed by atoms with Gasteiger partial charge in [-0.1, -0.05) is 24.6 Å². The van der Waals surface area contributed by atoms with Crippen LogP contribution < -0.4 is 61.8 Å². The fourth-order valence-electron chi connectivity index (χ4n) is 1.13. The first kappa shape index (κ1) is 9.55. The Bertz CT molecular complexity index is 303. The van der Waals surface area contributed by atoms with E-state index in [9.17, 15) is 0 Å². The summed E-state index contributed by atoms with van der Waals surface area (Å²) in [6.07, 6.45) is 8.36. The second-order valence-corrected chi connectivity index (χ2v) is 2.35. The van der Waals surface area contributed by atoms with Gasteiger partial charge in [0.05, 0.1) is 0 Å². The molecule has 0 saturated carbocycles. The quantitative estimate of drug-likeness (QED) is 0.300. The van der Waals surface area contributed by atoms with Crippen molar-refractivity contribution in [1.82, 2.24) is 0 Å². The summed E-state index contributed by atoms with van der Waals surface area (Å²) >= 11 is 0. The zero-order chi connectivity index (χ0) is 6.81. The van der Waals surface area contributed by atoms with E-state index in [1.807, 2.05) is 0 Å². The van der Waals surface area contributed by atoms with E-state index in [2.05, 4.69) is 49.3 Å². The van der Waals surface area contributed by atoms with Gasteiger partial charge >= 0.3 is 51.4 Å². The summed E-state index contributed by atoms with van der Waals surface area (Å²) in [7, 11) is 0. The Morgan fingerprint density at radius 1 is 1.00 bits per heavy atom. The molecule has 1 heteroatoms. The van der Waals surface area contributed by atoms with E-state index in [-0.39, 0.29) is 51.4 Å². The van der Waals surface area contributed by atoms with Crippen molar-refractivity contribution < 1.29 is 51.4 Å². The molecule has 0 aromatic heterocycles. The molecule has 11 heavy (non-hydrogen) atoms. The van der Waals surface area contributed by atoms with Gasteiger partial charge in [-0.15, -0.1) is 17.4 Å². The molecular weight excluding hydrogens is 159 g/mol. The minimum Gasteiger partial charge on any atom is -0.224 e. The van der Waals surface area contributed by atoms with Gasteiger partial charge in [0.25, 0.3) is 0 Å². The van der Waals surface area contributed by atoms with Gasteiger partial charge in [-0.25, -0.2) is 12.5 Å². The monoisotopic (exact) mass is 167 g/mol. The maximum absolute atomic E-state index is 2.12. The van der Waals surface area contributed by atoms with Crippen LogP contribution in [0.2, 0.25) is 0 Å². The van der Waals surface area contributed by atoms with Crippen LogP contribution in [0.4, 0.5) is 0 Å². The molecule has 1 aliphatic rings. The van der Waals surface area contributed by atoms with Crippen molar-refractivity contribution in [3.05, 3.63) is 47.5 Å². The summed E-state index contributed by atoms with van der Waals surface area (Å²) in [6.45, 7) is 0. The molecule has 0 saturated heterocycles. The van der Waals surface area contributed by atoms with Crippen molar-refractivity contribution >= 4 is 12.2 Å². The standard InChI is InChI=1S/C10H8.K/c1-2-6-10-8-4-3-7-9(10)5-1;/h1-8H;/q-1;+1. The molecule has 0 nitrogen and oxygen atoms in total. The van der Waals surface area contributed by atoms with Crippen LogP contribution in [-0.2, 0) is 0 Å². The van der Waals surface area contributed by atoms with E-state index in [0.29, 0.717) is 0 Å². The summed E-state index contributed by atoms with van der Waals surface area (Å²) < 4.78 is 0. The molecule has 0 amide bonds. The third-order valence-corrected chi connectivity index (χ3v) is 1.66. The minimum absolute atomic E-state index is 0. The average Bonchev–Trinajstić information content (AvgIpc) is 2.05. The zero-order valence-corrected chi connectivity index (χ0v) is 9.74. The summed E-state index contributed by atoms with van der Waals surface area (Å²) in [6, 6.07) is 8.36. The smallest absolute Gasteiger partial charge is 0.224 e. The van der Waals surface area contributed by atoms with Crippen molar-refractivity contribution in [1.29, 1.82) is 0 Å². The van der Waals surface area contributed by atoms with Crippen molar-refractivity contribution in [2.75, 3.05) is 0 Å². The van der Waals surface area contributed by atoms with Crippen molar-refractivity contribution in [2.24, 2.45) is 0 Å². The molecule has 0 unspecified atom stereocenters. The molecule has 49 valence electrons. The van der Waals surface area contributed by atoms with Crippen LogP contribution in [0.5, 0.6) is 0 Å². The van der Waals surface area contributed by atoms with Crippen molar-refractivity contribution in [3.8, 4) is 0 Å². The Labute approximate surface area is 109 Å². The molecule has 0 spiro atoms. The topological polar surface area (TPSA) is 0 Å². The molecule has 2 rings (SSSR count). The summed E-state index contributed by atoms with van der Waals surface area (Å²) in [5, 5.41) is 2.62. The van der Waals surface area contributed by atoms with Crippen LogP contribution in [-0.4, -0.2) is 0 Å². The van der Waals surface area contributed by atoms with E-state index in [4.69, 9.17) is 0 Å². The van der Waals surface area contributed by atoms with Crippen LogP contribution in [0.1, 0.15) is 0 Å². The largest absolute Gasteiger partial charge is 1.00 e. The summed E-state index contributed by atoms with van der Waals surface area (Å²) in [5.74, 6) is 0. The maximum Gasteiger partial charge on any atom is 1.00 e. The predicted molar refractivity (Wildman–Crippen MR) is 43.2 cm³/mol. The van der Waals surface area contributed by atoms with Crippen LogP contribution >= 0.6 is 0 Å². The second-order valence-electron chi connectivity index (χ2n) is 2.35. The summed E-state index contributed by atoms with van der Waals surface area (Å²) in [4.78, 5) is 0. The predicted octanol–water partition coefficient (Wildman–Crippen LogP) is -2.33. The third kappa shape index (κ3) is 2.20. The number of hydrogen-bond donors (Lipinski definition) is 0. The first-order valence-electron chi connectivity index (χ1n) is 3.40. The molecule has 0 bridgehead atoms. The summed E-state index contributed by atoms with van der Waals surface area (Å²) in [5.41, 5.74) is 0. The second kappa shape index (κ2) is 4.48. The van der Waals surface area contributed by atoms with Crippen LogP contribution in [0.25, 0.3) is 12.2 Å². The average molecular weight is 167 g/mol. The SMILES string of the molecule is [CH]1C=c2ccccc2=C[CH-]1.[K+]. The molecule has 1 radical (unpaired) electrons. The molecule has 0 fully saturated rings. The van der Waals surface area contributed by atoms with Gasteiger partial charge in [-0.2, -0.15) is 5.22 Å². The third-order valence-electron chi connectivity index (χ3n) is 1.66. The molecule has 1 aliphatic carbocycles. The van der Waals surface area contributed by atoms with Gasteiger partial charge in [0.1, 0.15) is 0 Å². The number of hydrogen-bond acceptors (Lipinski definition) is 0. The molecule has 0 heterocycles. The Kier molecular flexibility index (Phi) is 3.89. The number of fused-ring (bicyclic) bond motifs is 1. The van der Waals surface area contributed by atoms with Gasteiger partial charge in [-0.3, -0.25) is 0 Å². The van der Waals surface area contributed by atoms with Crippen LogP contribution in [0.3, 0.4) is 0 Å². The van der Waals surface area contributed by atoms with E-state index in [1.54, 1.807) is 0 Å². The van der Waals surface area contributed by atoms with Gasteiger partial charge in [-0.05, 0) is 0 Å². The van der Waals surface area contributed by atoms with Crippen LogP contribution in [0, 0.1) is 12.8 Å². The van der Waals surface area contributed by atoms with Gasteiger partial charge in [0, 0.05) is 0 Å². The van der Waals surface area contributed by atoms with Gasteiger partial charge in [0.2, 0.25) is 0 Å². The van der Waals surface area contributed by atoms with Crippen LogP contribution in [0.15, 0.2) is 24.3 Å². The first-order valence-corrected chi connectivity index (χ1v) is 3.40. The Morgan fingerprint density at radius 3 is 2.45 bits per heavy atom. The van der Waals surface area contributed by atoms with E-state index in [1.165, 1.54) is 10.4 Å². The molecule has 1 aromatic carbocycles. The maximum atomic E-state index is 2.12.